The van der Waals surface area contributed by atoms with E-state index in [1.807, 2.05) is 12.1 Å². The predicted octanol–water partition coefficient (Wildman–Crippen LogP) is 3.25. The van der Waals surface area contributed by atoms with Gasteiger partial charge in [-0.3, -0.25) is 9.59 Å². The largest absolute Gasteiger partial charge is 0.361 e. The standard InChI is InChI=1S/C16H15ClN4O2S/c1-9(22)20-14-8-19-16(24-14)18-5-4-10-6-11-7-12(17)2-3-13(11)21-15(10)23/h2-3,6-8H,4-5H2,1H3,(H,18,19)(H,20,22)(H,21,23). The molecule has 3 rings (SSSR count). The van der Waals surface area contributed by atoms with Crippen molar-refractivity contribution >= 4 is 49.9 Å². The van der Waals surface area contributed by atoms with Gasteiger partial charge in [0.1, 0.15) is 5.00 Å². The van der Waals surface area contributed by atoms with Crippen molar-refractivity contribution < 1.29 is 4.79 Å². The van der Waals surface area contributed by atoms with E-state index >= 15 is 0 Å². The number of benzene rings is 1. The average Bonchev–Trinajstić information content (AvgIpc) is 2.95. The smallest absolute Gasteiger partial charge is 0.251 e. The first-order valence-electron chi connectivity index (χ1n) is 7.30. The lowest BCUT2D eigenvalue weighted by Gasteiger charge is -2.05. The van der Waals surface area contributed by atoms with Gasteiger partial charge in [-0.25, -0.2) is 4.98 Å². The molecule has 0 saturated heterocycles. The van der Waals surface area contributed by atoms with Gasteiger partial charge in [0.15, 0.2) is 5.13 Å². The van der Waals surface area contributed by atoms with Gasteiger partial charge in [0.25, 0.3) is 5.56 Å². The van der Waals surface area contributed by atoms with Crippen LogP contribution in [-0.2, 0) is 11.2 Å². The number of halogens is 1. The third kappa shape index (κ3) is 3.93. The van der Waals surface area contributed by atoms with E-state index in [1.54, 1.807) is 18.3 Å². The number of aromatic amines is 1. The number of carbonyl (C=O) groups excluding carboxylic acids is 1. The first-order valence-corrected chi connectivity index (χ1v) is 8.49. The maximum absolute atomic E-state index is 12.1. The second kappa shape index (κ2) is 7.02. The molecule has 1 aromatic carbocycles. The normalized spacial score (nSPS) is 10.8. The van der Waals surface area contributed by atoms with Gasteiger partial charge >= 0.3 is 0 Å². The van der Waals surface area contributed by atoms with Gasteiger partial charge in [-0.15, -0.1) is 0 Å². The van der Waals surface area contributed by atoms with Crippen molar-refractivity contribution in [2.45, 2.75) is 13.3 Å². The topological polar surface area (TPSA) is 86.9 Å². The number of pyridine rings is 1. The molecule has 1 amide bonds. The van der Waals surface area contributed by atoms with Gasteiger partial charge in [-0.2, -0.15) is 0 Å². The molecule has 2 heterocycles. The van der Waals surface area contributed by atoms with E-state index in [4.69, 9.17) is 11.6 Å². The Bertz CT molecular complexity index is 951. The molecule has 0 atom stereocenters. The number of nitrogens with zero attached hydrogens (tertiary/aromatic N) is 1. The fourth-order valence-corrected chi connectivity index (χ4v) is 3.27. The number of anilines is 2. The summed E-state index contributed by atoms with van der Waals surface area (Å²) in [7, 11) is 0. The molecule has 2 aromatic heterocycles. The first kappa shape index (κ1) is 16.5. The van der Waals surface area contributed by atoms with Crippen LogP contribution >= 0.6 is 22.9 Å². The number of hydrogen-bond donors (Lipinski definition) is 3. The summed E-state index contributed by atoms with van der Waals surface area (Å²) in [6, 6.07) is 7.22. The van der Waals surface area contributed by atoms with E-state index in [1.165, 1.54) is 18.3 Å². The van der Waals surface area contributed by atoms with Crippen LogP contribution < -0.4 is 16.2 Å². The molecule has 3 N–H and O–H groups in total. The third-order valence-corrected chi connectivity index (χ3v) is 4.46. The highest BCUT2D eigenvalue weighted by atomic mass is 35.5. The molecule has 24 heavy (non-hydrogen) atoms. The van der Waals surface area contributed by atoms with Gasteiger partial charge in [0.05, 0.1) is 6.20 Å². The molecule has 0 fully saturated rings. The van der Waals surface area contributed by atoms with E-state index in [-0.39, 0.29) is 11.5 Å². The molecule has 0 saturated carbocycles. The molecule has 0 spiro atoms. The molecule has 0 radical (unpaired) electrons. The Labute approximate surface area is 146 Å². The lowest BCUT2D eigenvalue weighted by atomic mass is 10.1. The lowest BCUT2D eigenvalue weighted by molar-refractivity contribution is -0.114. The molecule has 0 aliphatic carbocycles. The Balaban J connectivity index is 1.67. The minimum Gasteiger partial charge on any atom is -0.361 e. The molecule has 124 valence electrons. The fraction of sp³-hybridized carbons (Fsp3) is 0.188. The number of H-pyrrole nitrogens is 1. The number of rotatable bonds is 5. The molecule has 0 aliphatic heterocycles. The van der Waals surface area contributed by atoms with Crippen LogP contribution in [0.3, 0.4) is 0 Å². The number of hydrogen-bond acceptors (Lipinski definition) is 5. The summed E-state index contributed by atoms with van der Waals surface area (Å²) in [6.45, 7) is 2.01. The van der Waals surface area contributed by atoms with E-state index in [2.05, 4.69) is 20.6 Å². The second-order valence-electron chi connectivity index (χ2n) is 5.24. The maximum atomic E-state index is 12.1. The number of amides is 1. The summed E-state index contributed by atoms with van der Waals surface area (Å²) in [5, 5.41) is 8.74. The average molecular weight is 363 g/mol. The summed E-state index contributed by atoms with van der Waals surface area (Å²) in [5.41, 5.74) is 1.33. The maximum Gasteiger partial charge on any atom is 0.251 e. The quantitative estimate of drug-likeness (QED) is 0.650. The molecular weight excluding hydrogens is 348 g/mol. The Kier molecular flexibility index (Phi) is 4.82. The van der Waals surface area contributed by atoms with Gasteiger partial charge in [0.2, 0.25) is 5.91 Å². The number of fused-ring (bicyclic) bond motifs is 1. The minimum atomic E-state index is -0.133. The van der Waals surface area contributed by atoms with Crippen LogP contribution in [-0.4, -0.2) is 22.4 Å². The lowest BCUT2D eigenvalue weighted by Crippen LogP contribution is -2.16. The van der Waals surface area contributed by atoms with E-state index < -0.39 is 0 Å². The highest BCUT2D eigenvalue weighted by Gasteiger charge is 2.06. The molecular formula is C16H15ClN4O2S. The van der Waals surface area contributed by atoms with Crippen LogP contribution in [0.1, 0.15) is 12.5 Å². The van der Waals surface area contributed by atoms with Crippen LogP contribution in [0.4, 0.5) is 10.1 Å². The van der Waals surface area contributed by atoms with Gasteiger partial charge in [0, 0.05) is 29.6 Å². The minimum absolute atomic E-state index is 0.107. The monoisotopic (exact) mass is 362 g/mol. The van der Waals surface area contributed by atoms with Crippen molar-refractivity contribution in [1.29, 1.82) is 0 Å². The molecule has 6 nitrogen and oxygen atoms in total. The summed E-state index contributed by atoms with van der Waals surface area (Å²) < 4.78 is 0. The first-order chi connectivity index (χ1) is 11.5. The number of aromatic nitrogens is 2. The number of thiazole rings is 1. The van der Waals surface area contributed by atoms with Crippen molar-refractivity contribution in [1.82, 2.24) is 9.97 Å². The second-order valence-corrected chi connectivity index (χ2v) is 6.71. The van der Waals surface area contributed by atoms with Crippen molar-refractivity contribution in [3.63, 3.8) is 0 Å². The summed E-state index contributed by atoms with van der Waals surface area (Å²) in [5.74, 6) is -0.133. The Morgan fingerprint density at radius 1 is 1.38 bits per heavy atom. The SMILES string of the molecule is CC(=O)Nc1cnc(NCCc2cc3cc(Cl)ccc3[nH]c2=O)s1. The highest BCUT2D eigenvalue weighted by Crippen LogP contribution is 2.23. The Morgan fingerprint density at radius 3 is 3.00 bits per heavy atom. The van der Waals surface area contributed by atoms with Crippen LogP contribution in [0, 0.1) is 0 Å². The van der Waals surface area contributed by atoms with Crippen LogP contribution in [0.15, 0.2) is 35.3 Å². The zero-order valence-electron chi connectivity index (χ0n) is 12.9. The number of nitrogens with one attached hydrogen (secondary N) is 3. The van der Waals surface area contributed by atoms with Crippen molar-refractivity contribution in [3.8, 4) is 0 Å². The fourth-order valence-electron chi connectivity index (χ4n) is 2.30. The summed E-state index contributed by atoms with van der Waals surface area (Å²) in [4.78, 5) is 30.1. The van der Waals surface area contributed by atoms with Crippen LogP contribution in [0.2, 0.25) is 5.02 Å². The zero-order valence-corrected chi connectivity index (χ0v) is 14.4. The van der Waals surface area contributed by atoms with Crippen LogP contribution in [0.25, 0.3) is 10.9 Å². The van der Waals surface area contributed by atoms with Crippen molar-refractivity contribution in [2.75, 3.05) is 17.2 Å². The predicted molar refractivity (Wildman–Crippen MR) is 98.2 cm³/mol. The highest BCUT2D eigenvalue weighted by molar-refractivity contribution is 7.19. The molecule has 3 aromatic rings. The summed E-state index contributed by atoms with van der Waals surface area (Å²) >= 11 is 7.34. The molecule has 0 bridgehead atoms. The summed E-state index contributed by atoms with van der Waals surface area (Å²) in [6.07, 6.45) is 2.14. The van der Waals surface area contributed by atoms with Gasteiger partial charge < -0.3 is 15.6 Å². The van der Waals surface area contributed by atoms with E-state index in [9.17, 15) is 9.59 Å². The van der Waals surface area contributed by atoms with E-state index in [0.717, 1.165) is 10.9 Å². The van der Waals surface area contributed by atoms with Crippen molar-refractivity contribution in [3.05, 3.63) is 51.4 Å². The Morgan fingerprint density at radius 2 is 2.21 bits per heavy atom. The zero-order chi connectivity index (χ0) is 17.1. The van der Waals surface area contributed by atoms with E-state index in [0.29, 0.717) is 33.7 Å². The third-order valence-electron chi connectivity index (χ3n) is 3.36. The van der Waals surface area contributed by atoms with Crippen LogP contribution in [0.5, 0.6) is 0 Å². The molecule has 0 aliphatic rings. The van der Waals surface area contributed by atoms with Crippen molar-refractivity contribution in [2.24, 2.45) is 0 Å². The van der Waals surface area contributed by atoms with Gasteiger partial charge in [-0.05, 0) is 36.1 Å². The molecule has 0 unspecified atom stereocenters. The van der Waals surface area contributed by atoms with Gasteiger partial charge in [-0.1, -0.05) is 22.9 Å². The molecule has 8 heteroatoms. The Hall–Kier alpha value is -2.38. The number of carbonyl (C=O) groups is 1.